The van der Waals surface area contributed by atoms with Gasteiger partial charge in [0.25, 0.3) is 5.91 Å². The fourth-order valence-corrected chi connectivity index (χ4v) is 5.04. The monoisotopic (exact) mass is 441 g/mol. The van der Waals surface area contributed by atoms with Crippen LogP contribution in [0.2, 0.25) is 5.02 Å². The third-order valence-electron chi connectivity index (χ3n) is 6.71. The Hall–Kier alpha value is -1.45. The molecule has 9 heteroatoms. The molecule has 7 nitrogen and oxygen atoms in total. The molecule has 4 fully saturated rings. The van der Waals surface area contributed by atoms with Gasteiger partial charge in [0.15, 0.2) is 6.61 Å². The van der Waals surface area contributed by atoms with E-state index in [9.17, 15) is 14.3 Å². The largest absolute Gasteiger partial charge is 0.484 e. The van der Waals surface area contributed by atoms with Crippen LogP contribution in [0.4, 0.5) is 4.39 Å². The normalized spacial score (nSPS) is 33.8. The molecule has 0 aromatic heterocycles. The van der Waals surface area contributed by atoms with Gasteiger partial charge < -0.3 is 15.2 Å². The summed E-state index contributed by atoms with van der Waals surface area (Å²) in [4.78, 5) is 19.9. The Bertz CT molecular complexity index is 779. The Morgan fingerprint density at radius 2 is 2.17 bits per heavy atom. The smallest absolute Gasteiger partial charge is 0.258 e. The first-order chi connectivity index (χ1) is 14.3. The highest BCUT2D eigenvalue weighted by Gasteiger charge is 2.49. The van der Waals surface area contributed by atoms with E-state index >= 15 is 0 Å². The molecule has 1 aromatic rings. The lowest BCUT2D eigenvalue weighted by atomic mass is 9.60. The van der Waals surface area contributed by atoms with E-state index in [0.717, 1.165) is 25.7 Å². The molecule has 5 rings (SSSR count). The summed E-state index contributed by atoms with van der Waals surface area (Å²) < 4.78 is 18.9. The third kappa shape index (κ3) is 4.57. The number of carbonyl (C=O) groups is 1. The number of likely N-dealkylation sites (N-methyl/N-ethyl adjacent to an activating group) is 1. The van der Waals surface area contributed by atoms with Gasteiger partial charge in [0.05, 0.1) is 5.02 Å². The van der Waals surface area contributed by atoms with Crippen LogP contribution in [0, 0.1) is 17.7 Å². The molecule has 0 spiro atoms. The highest BCUT2D eigenvalue weighted by Crippen LogP contribution is 2.47. The molecule has 3 N–H and O–H groups in total. The Morgan fingerprint density at radius 3 is 2.83 bits per heavy atom. The predicted molar refractivity (Wildman–Crippen MR) is 109 cm³/mol. The first-order valence-electron chi connectivity index (χ1n) is 10.5. The summed E-state index contributed by atoms with van der Waals surface area (Å²) in [5.74, 6) is 0.433. The molecule has 3 aliphatic carbocycles. The fraction of sp³-hybridized carbons (Fsp3) is 0.667. The average Bonchev–Trinajstić information content (AvgIpc) is 3.13. The number of nitrogens with zero attached hydrogens (tertiary/aromatic N) is 1. The lowest BCUT2D eigenvalue weighted by Crippen LogP contribution is -2.62. The van der Waals surface area contributed by atoms with Crippen molar-refractivity contribution >= 4 is 17.5 Å². The number of halogens is 2. The van der Waals surface area contributed by atoms with Crippen molar-refractivity contribution in [1.29, 1.82) is 0 Å². The van der Waals surface area contributed by atoms with Crippen LogP contribution in [0.3, 0.4) is 0 Å². The molecule has 0 radical (unpaired) electrons. The van der Waals surface area contributed by atoms with E-state index < -0.39 is 12.0 Å². The average molecular weight is 442 g/mol. The molecule has 1 saturated heterocycles. The topological polar surface area (TPSA) is 83.1 Å². The minimum absolute atomic E-state index is 0.0131. The summed E-state index contributed by atoms with van der Waals surface area (Å²) in [6.07, 6.45) is 2.66. The van der Waals surface area contributed by atoms with Crippen LogP contribution in [-0.4, -0.2) is 60.0 Å². The number of aliphatic hydroxyl groups is 1. The molecule has 2 bridgehead atoms. The maximum Gasteiger partial charge on any atom is 0.258 e. The number of benzene rings is 1. The first-order valence-corrected chi connectivity index (χ1v) is 10.9. The van der Waals surface area contributed by atoms with Crippen molar-refractivity contribution in [1.82, 2.24) is 15.7 Å². The fourth-order valence-electron chi connectivity index (χ4n) is 4.93. The second kappa shape index (κ2) is 8.96. The number of hydrogen-bond acceptors (Lipinski definition) is 6. The van der Waals surface area contributed by atoms with Crippen LogP contribution < -0.4 is 15.5 Å². The Balaban J connectivity index is 1.29. The van der Waals surface area contributed by atoms with Crippen LogP contribution >= 0.6 is 11.6 Å². The van der Waals surface area contributed by atoms with Gasteiger partial charge in [0, 0.05) is 24.2 Å². The van der Waals surface area contributed by atoms with E-state index in [-0.39, 0.29) is 47.5 Å². The summed E-state index contributed by atoms with van der Waals surface area (Å²) in [5, 5.41) is 13.8. The second-order valence-corrected chi connectivity index (χ2v) is 9.23. The number of ether oxygens (including phenoxy) is 1. The Labute approximate surface area is 180 Å². The van der Waals surface area contributed by atoms with Crippen LogP contribution in [0.5, 0.6) is 5.75 Å². The molecule has 1 amide bonds. The van der Waals surface area contributed by atoms with Crippen LogP contribution in [0.1, 0.15) is 32.6 Å². The van der Waals surface area contributed by atoms with E-state index in [4.69, 9.17) is 21.2 Å². The molecular weight excluding hydrogens is 413 g/mol. The second-order valence-electron chi connectivity index (χ2n) is 8.82. The van der Waals surface area contributed by atoms with Crippen molar-refractivity contribution in [2.45, 2.75) is 63.1 Å². The number of hydrogen-bond donors (Lipinski definition) is 3. The molecule has 1 aliphatic heterocycles. The molecule has 1 heterocycles. The summed E-state index contributed by atoms with van der Waals surface area (Å²) in [6, 6.07) is 4.53. The van der Waals surface area contributed by atoms with Crippen molar-refractivity contribution in [2.24, 2.45) is 11.8 Å². The number of hydroxylamine groups is 1. The van der Waals surface area contributed by atoms with Gasteiger partial charge in [-0.25, -0.2) is 4.39 Å². The van der Waals surface area contributed by atoms with Gasteiger partial charge >= 0.3 is 0 Å². The molecule has 5 atom stereocenters. The van der Waals surface area contributed by atoms with Crippen LogP contribution in [0.25, 0.3) is 0 Å². The minimum atomic E-state index is -0.691. The minimum Gasteiger partial charge on any atom is -0.484 e. The molecule has 1 aromatic carbocycles. The molecule has 30 heavy (non-hydrogen) atoms. The number of fused-ring (bicyclic) bond motifs is 2. The Morgan fingerprint density at radius 1 is 1.40 bits per heavy atom. The number of aliphatic hydroxyl groups excluding tert-OH is 1. The van der Waals surface area contributed by atoms with E-state index in [1.807, 2.05) is 18.9 Å². The van der Waals surface area contributed by atoms with Gasteiger partial charge in [-0.1, -0.05) is 11.6 Å². The standard InChI is InChI=1S/C21H29ClFN3O4/c1-11-5-19(30-25-11)21(28)26(2)18-9-17(12-6-13(18)7-12)24-20(27)10-29-14-3-4-15(22)16(23)8-14/h3-4,8,11-13,17-19,21,25,28H,5-7,9-10H2,1-2H3,(H,24,27). The van der Waals surface area contributed by atoms with Crippen LogP contribution in [0.15, 0.2) is 18.2 Å². The zero-order valence-electron chi connectivity index (χ0n) is 17.2. The summed E-state index contributed by atoms with van der Waals surface area (Å²) in [5.41, 5.74) is 2.91. The molecule has 5 unspecified atom stereocenters. The van der Waals surface area contributed by atoms with Crippen molar-refractivity contribution < 1.29 is 23.9 Å². The molecule has 166 valence electrons. The van der Waals surface area contributed by atoms with Gasteiger partial charge in [-0.05, 0) is 63.6 Å². The highest BCUT2D eigenvalue weighted by atomic mass is 35.5. The number of rotatable bonds is 7. The number of nitrogens with one attached hydrogen (secondary N) is 2. The lowest BCUT2D eigenvalue weighted by Gasteiger charge is -2.54. The SMILES string of the molecule is CC1CC(C(O)N(C)C2CC(NC(=O)COc3ccc(Cl)c(F)c3)C3CC2C3)ON1. The van der Waals surface area contributed by atoms with Gasteiger partial charge in [-0.15, -0.1) is 0 Å². The van der Waals surface area contributed by atoms with E-state index in [1.165, 1.54) is 18.2 Å². The maximum absolute atomic E-state index is 13.5. The molecule has 4 aliphatic rings. The van der Waals surface area contributed by atoms with Crippen molar-refractivity contribution in [3.8, 4) is 5.75 Å². The zero-order valence-corrected chi connectivity index (χ0v) is 17.9. The zero-order chi connectivity index (χ0) is 21.4. The van der Waals surface area contributed by atoms with E-state index in [0.29, 0.717) is 11.8 Å². The lowest BCUT2D eigenvalue weighted by molar-refractivity contribution is -0.146. The van der Waals surface area contributed by atoms with E-state index in [1.54, 1.807) is 0 Å². The van der Waals surface area contributed by atoms with Crippen molar-refractivity contribution in [3.63, 3.8) is 0 Å². The number of amides is 1. The quantitative estimate of drug-likeness (QED) is 0.562. The molecule has 3 saturated carbocycles. The van der Waals surface area contributed by atoms with Gasteiger partial charge in [-0.2, -0.15) is 5.48 Å². The first kappa shape index (κ1) is 21.8. The Kier molecular flexibility index (Phi) is 6.50. The van der Waals surface area contributed by atoms with Gasteiger partial charge in [0.1, 0.15) is 23.9 Å². The maximum atomic E-state index is 13.5. The van der Waals surface area contributed by atoms with Gasteiger partial charge in [0.2, 0.25) is 0 Å². The van der Waals surface area contributed by atoms with Crippen molar-refractivity contribution in [2.75, 3.05) is 13.7 Å². The third-order valence-corrected chi connectivity index (χ3v) is 7.01. The number of carbonyl (C=O) groups excluding carboxylic acids is 1. The molecular formula is C21H29ClFN3O4. The van der Waals surface area contributed by atoms with Crippen molar-refractivity contribution in [3.05, 3.63) is 29.0 Å². The van der Waals surface area contributed by atoms with Crippen LogP contribution in [-0.2, 0) is 9.63 Å². The van der Waals surface area contributed by atoms with Gasteiger partial charge in [-0.3, -0.25) is 14.5 Å². The summed E-state index contributed by atoms with van der Waals surface area (Å²) in [7, 11) is 1.93. The predicted octanol–water partition coefficient (Wildman–Crippen LogP) is 2.07. The van der Waals surface area contributed by atoms with E-state index in [2.05, 4.69) is 10.8 Å². The highest BCUT2D eigenvalue weighted by molar-refractivity contribution is 6.30. The summed E-state index contributed by atoms with van der Waals surface area (Å²) in [6.45, 7) is 1.84. The summed E-state index contributed by atoms with van der Waals surface area (Å²) >= 11 is 5.66.